The normalized spacial score (nSPS) is 19.2. The van der Waals surface area contributed by atoms with Crippen LogP contribution < -0.4 is 0 Å². The zero-order chi connectivity index (χ0) is 24.8. The van der Waals surface area contributed by atoms with E-state index in [4.69, 9.17) is 16.3 Å². The lowest BCUT2D eigenvalue weighted by Gasteiger charge is -2.42. The highest BCUT2D eigenvalue weighted by atomic mass is 35.5. The minimum absolute atomic E-state index is 0.0571. The Bertz CT molecular complexity index is 1130. The molecule has 2 amide bonds. The van der Waals surface area contributed by atoms with Gasteiger partial charge in [0.1, 0.15) is 11.6 Å². The van der Waals surface area contributed by atoms with Gasteiger partial charge in [0.25, 0.3) is 5.91 Å². The van der Waals surface area contributed by atoms with Crippen molar-refractivity contribution in [1.82, 2.24) is 14.8 Å². The van der Waals surface area contributed by atoms with Crippen LogP contribution >= 0.6 is 11.6 Å². The van der Waals surface area contributed by atoms with Crippen molar-refractivity contribution >= 4 is 34.5 Å². The van der Waals surface area contributed by atoms with Gasteiger partial charge in [-0.1, -0.05) is 17.7 Å². The number of amides is 2. The van der Waals surface area contributed by atoms with Gasteiger partial charge in [0, 0.05) is 29.7 Å². The monoisotopic (exact) mass is 497 g/mol. The molecule has 0 radical (unpaired) electrons. The van der Waals surface area contributed by atoms with Crippen LogP contribution in [-0.2, 0) is 17.6 Å². The number of benzene rings is 1. The highest BCUT2D eigenvalue weighted by molar-refractivity contribution is 6.36. The summed E-state index contributed by atoms with van der Waals surface area (Å²) in [5.74, 6) is -0.760. The van der Waals surface area contributed by atoms with Crippen molar-refractivity contribution in [3.05, 3.63) is 40.0 Å². The van der Waals surface area contributed by atoms with Crippen molar-refractivity contribution in [2.75, 3.05) is 19.6 Å². The first-order valence-electron chi connectivity index (χ1n) is 11.3. The maximum absolute atomic E-state index is 13.9. The molecule has 184 valence electrons. The number of nitrogens with zero attached hydrogens (tertiary/aromatic N) is 3. The van der Waals surface area contributed by atoms with Crippen molar-refractivity contribution in [2.24, 2.45) is 0 Å². The largest absolute Gasteiger partial charge is 0.444 e. The summed E-state index contributed by atoms with van der Waals surface area (Å²) >= 11 is 6.58. The number of hydrogen-bond donors (Lipinski definition) is 0. The Morgan fingerprint density at radius 3 is 2.50 bits per heavy atom. The highest BCUT2D eigenvalue weighted by Gasteiger charge is 2.49. The van der Waals surface area contributed by atoms with Crippen LogP contribution in [0.1, 0.15) is 55.2 Å². The maximum Gasteiger partial charge on any atom is 0.410 e. The molecule has 2 aromatic rings. The standard InChI is InChI=1S/C24H27ClF3N3O3/c1-23(2,3)34-22(33)30-10-11-31(19(13-30)24(26,27)28)21(32)14-8-9-16-18(12-14)29-17-7-5-4-6-15(17)20(16)25/h8-9,12,19H,4-7,10-11,13H2,1-3H3. The van der Waals surface area contributed by atoms with Crippen LogP contribution in [0, 0.1) is 0 Å². The van der Waals surface area contributed by atoms with Crippen LogP contribution in [0.5, 0.6) is 0 Å². The number of ether oxygens (including phenoxy) is 1. The van der Waals surface area contributed by atoms with E-state index in [1.807, 2.05) is 0 Å². The molecule has 0 bridgehead atoms. The maximum atomic E-state index is 13.9. The zero-order valence-electron chi connectivity index (χ0n) is 19.3. The van der Waals surface area contributed by atoms with Gasteiger partial charge >= 0.3 is 12.3 Å². The second-order valence-corrected chi connectivity index (χ2v) is 10.2. The molecule has 2 heterocycles. The third-order valence-corrected chi connectivity index (χ3v) is 6.54. The molecule has 1 saturated heterocycles. The van der Waals surface area contributed by atoms with Crippen molar-refractivity contribution in [2.45, 2.75) is 64.3 Å². The number of hydrogen-bond acceptors (Lipinski definition) is 4. The van der Waals surface area contributed by atoms with Crippen LogP contribution in [0.3, 0.4) is 0 Å². The summed E-state index contributed by atoms with van der Waals surface area (Å²) < 4.78 is 47.0. The number of rotatable bonds is 1. The Morgan fingerprint density at radius 1 is 1.12 bits per heavy atom. The van der Waals surface area contributed by atoms with Gasteiger partial charge in [0.2, 0.25) is 0 Å². The predicted octanol–water partition coefficient (Wildman–Crippen LogP) is 5.39. The number of pyridine rings is 1. The van der Waals surface area contributed by atoms with E-state index in [0.717, 1.165) is 46.7 Å². The van der Waals surface area contributed by atoms with E-state index < -0.39 is 36.4 Å². The van der Waals surface area contributed by atoms with Crippen molar-refractivity contribution in [1.29, 1.82) is 0 Å². The topological polar surface area (TPSA) is 62.7 Å². The number of carbonyl (C=O) groups excluding carboxylic acids is 2. The summed E-state index contributed by atoms with van der Waals surface area (Å²) in [6.45, 7) is 3.92. The molecule has 1 atom stereocenters. The van der Waals surface area contributed by atoms with E-state index in [-0.39, 0.29) is 18.7 Å². The van der Waals surface area contributed by atoms with Gasteiger partial charge in [0.05, 0.1) is 17.1 Å². The van der Waals surface area contributed by atoms with E-state index in [9.17, 15) is 22.8 Å². The van der Waals surface area contributed by atoms with E-state index in [0.29, 0.717) is 15.9 Å². The molecule has 1 unspecified atom stereocenters. The molecule has 0 spiro atoms. The third-order valence-electron chi connectivity index (χ3n) is 6.11. The summed E-state index contributed by atoms with van der Waals surface area (Å²) in [7, 11) is 0. The van der Waals surface area contributed by atoms with Gasteiger partial charge in [-0.25, -0.2) is 4.79 Å². The van der Waals surface area contributed by atoms with Gasteiger partial charge < -0.3 is 14.5 Å². The third kappa shape index (κ3) is 4.94. The number of piperazine rings is 1. The van der Waals surface area contributed by atoms with E-state index in [2.05, 4.69) is 4.98 Å². The predicted molar refractivity (Wildman–Crippen MR) is 122 cm³/mol. The van der Waals surface area contributed by atoms with E-state index in [1.54, 1.807) is 26.8 Å². The Hall–Kier alpha value is -2.55. The average molecular weight is 498 g/mol. The minimum Gasteiger partial charge on any atom is -0.444 e. The SMILES string of the molecule is CC(C)(C)OC(=O)N1CCN(C(=O)c2ccc3c(Cl)c4c(nc3c2)CCCC4)C(C(F)(F)F)C1. The summed E-state index contributed by atoms with van der Waals surface area (Å²) in [6, 6.07) is 2.50. The summed E-state index contributed by atoms with van der Waals surface area (Å²) in [6.07, 6.45) is -1.89. The smallest absolute Gasteiger partial charge is 0.410 e. The van der Waals surface area contributed by atoms with Crippen LogP contribution in [0.2, 0.25) is 5.02 Å². The Balaban J connectivity index is 1.61. The fourth-order valence-electron chi connectivity index (χ4n) is 4.46. The molecule has 1 fully saturated rings. The molecule has 10 heteroatoms. The highest BCUT2D eigenvalue weighted by Crippen LogP contribution is 2.34. The fraction of sp³-hybridized carbons (Fsp3) is 0.542. The molecular formula is C24H27ClF3N3O3. The van der Waals surface area contributed by atoms with Gasteiger partial charge in [0.15, 0.2) is 0 Å². The number of fused-ring (bicyclic) bond motifs is 2. The summed E-state index contributed by atoms with van der Waals surface area (Å²) in [4.78, 5) is 32.0. The number of alkyl halides is 3. The molecular weight excluding hydrogens is 471 g/mol. The molecule has 0 saturated carbocycles. The second-order valence-electron chi connectivity index (χ2n) is 9.77. The zero-order valence-corrected chi connectivity index (χ0v) is 20.1. The number of aryl methyl sites for hydroxylation is 1. The lowest BCUT2D eigenvalue weighted by molar-refractivity contribution is -0.187. The van der Waals surface area contributed by atoms with Gasteiger partial charge in [-0.05, 0) is 64.2 Å². The van der Waals surface area contributed by atoms with Gasteiger partial charge in [-0.3, -0.25) is 9.78 Å². The van der Waals surface area contributed by atoms with Gasteiger partial charge in [-0.2, -0.15) is 13.2 Å². The molecule has 1 aliphatic carbocycles. The Labute approximate surface area is 201 Å². The summed E-state index contributed by atoms with van der Waals surface area (Å²) in [5, 5.41) is 1.28. The van der Waals surface area contributed by atoms with Crippen LogP contribution in [0.25, 0.3) is 10.9 Å². The van der Waals surface area contributed by atoms with E-state index in [1.165, 1.54) is 12.1 Å². The fourth-order valence-corrected chi connectivity index (χ4v) is 4.83. The van der Waals surface area contributed by atoms with Crippen molar-refractivity contribution in [3.63, 3.8) is 0 Å². The first-order chi connectivity index (χ1) is 15.8. The van der Waals surface area contributed by atoms with Crippen LogP contribution in [-0.4, -0.2) is 64.2 Å². The van der Waals surface area contributed by atoms with Gasteiger partial charge in [-0.15, -0.1) is 0 Å². The number of halogens is 4. The van der Waals surface area contributed by atoms with Crippen LogP contribution in [0.15, 0.2) is 18.2 Å². The van der Waals surface area contributed by atoms with Crippen molar-refractivity contribution < 1.29 is 27.5 Å². The number of aromatic nitrogens is 1. The molecule has 1 aromatic carbocycles. The molecule has 1 aromatic heterocycles. The molecule has 34 heavy (non-hydrogen) atoms. The Morgan fingerprint density at radius 2 is 1.82 bits per heavy atom. The molecule has 0 N–H and O–H groups in total. The van der Waals surface area contributed by atoms with Crippen molar-refractivity contribution in [3.8, 4) is 0 Å². The average Bonchev–Trinajstić information content (AvgIpc) is 2.76. The first-order valence-corrected chi connectivity index (χ1v) is 11.7. The summed E-state index contributed by atoms with van der Waals surface area (Å²) in [5.41, 5.74) is 1.65. The quantitative estimate of drug-likeness (QED) is 0.530. The lowest BCUT2D eigenvalue weighted by atomic mass is 9.94. The molecule has 1 aliphatic heterocycles. The minimum atomic E-state index is -4.71. The molecule has 6 nitrogen and oxygen atoms in total. The first kappa shape index (κ1) is 24.6. The number of carbonyl (C=O) groups is 2. The van der Waals surface area contributed by atoms with E-state index >= 15 is 0 Å². The second kappa shape index (κ2) is 8.91. The molecule has 4 rings (SSSR count). The van der Waals surface area contributed by atoms with Crippen LogP contribution in [0.4, 0.5) is 18.0 Å². The molecule has 2 aliphatic rings. The lowest BCUT2D eigenvalue weighted by Crippen LogP contribution is -2.62. The Kier molecular flexibility index (Phi) is 6.44.